The van der Waals surface area contributed by atoms with Crippen LogP contribution in [0, 0.1) is 23.7 Å². The summed E-state index contributed by atoms with van der Waals surface area (Å²) in [7, 11) is 0. The Morgan fingerprint density at radius 1 is 0.703 bits per heavy atom. The molecule has 24 heteroatoms. The van der Waals surface area contributed by atoms with Crippen LogP contribution in [0.1, 0.15) is 98.8 Å². The Hall–Kier alpha value is -7.37. The van der Waals surface area contributed by atoms with Crippen LogP contribution in [0.15, 0.2) is 43.0 Å². The highest BCUT2D eigenvalue weighted by molar-refractivity contribution is 5.99. The molecule has 74 heavy (non-hydrogen) atoms. The lowest BCUT2D eigenvalue weighted by molar-refractivity contribution is -0.143. The first kappa shape index (κ1) is 59.2. The maximum atomic E-state index is 14.7. The number of fused-ring (bicyclic) bond motifs is 1. The van der Waals surface area contributed by atoms with E-state index in [1.54, 1.807) is 53.8 Å². The summed E-state index contributed by atoms with van der Waals surface area (Å²) in [5.74, 6) is -9.33. The van der Waals surface area contributed by atoms with E-state index in [1.807, 2.05) is 32.0 Å². The van der Waals surface area contributed by atoms with Gasteiger partial charge in [-0.2, -0.15) is 0 Å². The number of primary amides is 1. The van der Waals surface area contributed by atoms with Crippen molar-refractivity contribution in [1.82, 2.24) is 57.1 Å². The minimum absolute atomic E-state index is 0.0713. The van der Waals surface area contributed by atoms with Crippen LogP contribution in [-0.4, -0.2) is 146 Å². The molecule has 1 saturated heterocycles. The Balaban J connectivity index is 1.58. The number of aromatic nitrogens is 3. The fourth-order valence-electron chi connectivity index (χ4n) is 8.69. The summed E-state index contributed by atoms with van der Waals surface area (Å²) in [5, 5.41) is 29.3. The number of carboxylic acids is 1. The van der Waals surface area contributed by atoms with Crippen LogP contribution in [0.2, 0.25) is 0 Å². The van der Waals surface area contributed by atoms with Crippen LogP contribution < -0.4 is 48.7 Å². The first-order valence-corrected chi connectivity index (χ1v) is 25.1. The van der Waals surface area contributed by atoms with E-state index < -0.39 is 119 Å². The molecule has 2 aromatic heterocycles. The van der Waals surface area contributed by atoms with Crippen molar-refractivity contribution in [3.63, 3.8) is 0 Å². The Bertz CT molecular complexity index is 2460. The van der Waals surface area contributed by atoms with Gasteiger partial charge in [0.2, 0.25) is 53.2 Å². The molecule has 1 aliphatic rings. The molecule has 0 saturated carbocycles. The standard InChI is InChI=1S/C50H75N13O11/c1-25(2)18-34(58-47(70)40(26(3)4)60-39(65)21-51)44(67)61-41(27(5)6)48(71)59-36(20-30-23-53-24-55-30)49(72)63-17-11-14-37(63)46(69)56-33(15-16-38(52)64)43(66)57-35(45(68)62-42(28(7)8)50(73)74)19-29-22-54-32-13-10-9-12-31(29)32/h9-10,12-13,22-28,33-37,40-42,54H,11,14-21,51H2,1-8H3,(H2,52,64)(H,53,55)(H,56,69)(H,57,66)(H,58,70)(H,59,71)(H,60,65)(H,61,67)(H,62,68)(H,73,74)/t33-,34-,35-,36-,37-,40-,41-,42-/m0/s1. The monoisotopic (exact) mass is 1030 g/mol. The first-order valence-electron chi connectivity index (χ1n) is 25.1. The van der Waals surface area contributed by atoms with E-state index in [2.05, 4.69) is 52.2 Å². The number of rotatable bonds is 28. The third kappa shape index (κ3) is 16.8. The minimum atomic E-state index is -1.47. The molecule has 1 fully saturated rings. The Morgan fingerprint density at radius 3 is 1.86 bits per heavy atom. The van der Waals surface area contributed by atoms with Gasteiger partial charge >= 0.3 is 5.97 Å². The third-order valence-corrected chi connectivity index (χ3v) is 12.7. The molecule has 3 aromatic rings. The molecule has 24 nitrogen and oxygen atoms in total. The van der Waals surface area contributed by atoms with E-state index in [9.17, 15) is 53.1 Å². The molecular formula is C50H75N13O11. The van der Waals surface area contributed by atoms with Gasteiger partial charge in [0, 0.05) is 54.8 Å². The van der Waals surface area contributed by atoms with Crippen molar-refractivity contribution in [2.24, 2.45) is 35.1 Å². The number of hydrogen-bond acceptors (Lipinski definition) is 12. The van der Waals surface area contributed by atoms with Crippen molar-refractivity contribution in [3.8, 4) is 0 Å². The van der Waals surface area contributed by atoms with Crippen LogP contribution in [0.4, 0.5) is 0 Å². The van der Waals surface area contributed by atoms with Crippen LogP contribution in [0.5, 0.6) is 0 Å². The maximum Gasteiger partial charge on any atom is 0.326 e. The average molecular weight is 1030 g/mol. The summed E-state index contributed by atoms with van der Waals surface area (Å²) in [6.07, 6.45) is 4.31. The van der Waals surface area contributed by atoms with Gasteiger partial charge < -0.3 is 68.7 Å². The number of hydrogen-bond donors (Lipinski definition) is 12. The molecule has 0 bridgehead atoms. The number of H-pyrrole nitrogens is 2. The van der Waals surface area contributed by atoms with E-state index in [1.165, 1.54) is 17.4 Å². The molecule has 1 aliphatic heterocycles. The number of aliphatic carboxylic acids is 1. The number of nitrogens with two attached hydrogens (primary N) is 2. The molecule has 3 heterocycles. The van der Waals surface area contributed by atoms with Gasteiger partial charge in [0.1, 0.15) is 48.3 Å². The van der Waals surface area contributed by atoms with Gasteiger partial charge in [0.25, 0.3) is 0 Å². The second-order valence-corrected chi connectivity index (χ2v) is 20.2. The summed E-state index contributed by atoms with van der Waals surface area (Å²) >= 11 is 0. The van der Waals surface area contributed by atoms with Crippen LogP contribution in [0.25, 0.3) is 10.9 Å². The first-order chi connectivity index (χ1) is 34.9. The van der Waals surface area contributed by atoms with Gasteiger partial charge in [-0.1, -0.05) is 73.6 Å². The lowest BCUT2D eigenvalue weighted by Gasteiger charge is -2.32. The number of carbonyl (C=O) groups is 10. The number of benzene rings is 1. The van der Waals surface area contributed by atoms with Crippen LogP contribution in [0.3, 0.4) is 0 Å². The number of para-hydroxylation sites is 1. The number of amides is 9. The van der Waals surface area contributed by atoms with Crippen molar-refractivity contribution in [3.05, 3.63) is 54.2 Å². The fraction of sp³-hybridized carbons (Fsp3) is 0.580. The number of imidazole rings is 1. The number of carboxylic acid groups (broad SMARTS) is 1. The normalized spacial score (nSPS) is 16.4. The zero-order chi connectivity index (χ0) is 55.0. The molecule has 8 atom stereocenters. The van der Waals surface area contributed by atoms with Gasteiger partial charge in [-0.25, -0.2) is 9.78 Å². The molecule has 4 rings (SSSR count). The van der Waals surface area contributed by atoms with Crippen molar-refractivity contribution in [2.75, 3.05) is 13.1 Å². The van der Waals surface area contributed by atoms with E-state index in [4.69, 9.17) is 11.5 Å². The second kappa shape index (κ2) is 27.6. The van der Waals surface area contributed by atoms with Gasteiger partial charge in [-0.05, 0) is 61.0 Å². The Morgan fingerprint density at radius 2 is 1.28 bits per heavy atom. The van der Waals surface area contributed by atoms with E-state index >= 15 is 0 Å². The van der Waals surface area contributed by atoms with Crippen molar-refractivity contribution >= 4 is 70.0 Å². The zero-order valence-corrected chi connectivity index (χ0v) is 43.4. The zero-order valence-electron chi connectivity index (χ0n) is 43.4. The summed E-state index contributed by atoms with van der Waals surface area (Å²) in [5.41, 5.74) is 12.8. The second-order valence-electron chi connectivity index (χ2n) is 20.2. The van der Waals surface area contributed by atoms with Crippen molar-refractivity contribution < 1.29 is 53.1 Å². The number of nitrogens with one attached hydrogen (secondary N) is 9. The Kier molecular flexibility index (Phi) is 22.1. The molecule has 1 aromatic carbocycles. The lowest BCUT2D eigenvalue weighted by Crippen LogP contribution is -2.61. The molecule has 9 amide bonds. The van der Waals surface area contributed by atoms with Crippen molar-refractivity contribution in [2.45, 2.75) is 149 Å². The summed E-state index contributed by atoms with van der Waals surface area (Å²) < 4.78 is 0. The van der Waals surface area contributed by atoms with E-state index in [0.29, 0.717) is 17.7 Å². The third-order valence-electron chi connectivity index (χ3n) is 12.7. The quantitative estimate of drug-likeness (QED) is 0.0432. The maximum absolute atomic E-state index is 14.7. The highest BCUT2D eigenvalue weighted by Crippen LogP contribution is 2.22. The highest BCUT2D eigenvalue weighted by Gasteiger charge is 2.41. The Labute approximate surface area is 430 Å². The van der Waals surface area contributed by atoms with Gasteiger partial charge in [-0.15, -0.1) is 0 Å². The number of carbonyl (C=O) groups excluding carboxylic acids is 9. The average Bonchev–Trinajstić information content (AvgIpc) is 4.13. The predicted molar refractivity (Wildman–Crippen MR) is 272 cm³/mol. The van der Waals surface area contributed by atoms with Gasteiger partial charge in [0.05, 0.1) is 12.9 Å². The highest BCUT2D eigenvalue weighted by atomic mass is 16.4. The fourth-order valence-corrected chi connectivity index (χ4v) is 8.69. The minimum Gasteiger partial charge on any atom is -0.480 e. The summed E-state index contributed by atoms with van der Waals surface area (Å²) in [4.78, 5) is 147. The van der Waals surface area contributed by atoms with Gasteiger partial charge in [0.15, 0.2) is 0 Å². The van der Waals surface area contributed by atoms with Gasteiger partial charge in [-0.3, -0.25) is 43.2 Å². The topological polar surface area (TPSA) is 375 Å². The molecule has 0 spiro atoms. The number of likely N-dealkylation sites (tertiary alicyclic amines) is 1. The molecule has 406 valence electrons. The van der Waals surface area contributed by atoms with E-state index in [0.717, 1.165) is 10.9 Å². The largest absolute Gasteiger partial charge is 0.480 e. The lowest BCUT2D eigenvalue weighted by atomic mass is 9.98. The van der Waals surface area contributed by atoms with Crippen molar-refractivity contribution in [1.29, 1.82) is 0 Å². The number of aromatic amines is 2. The SMILES string of the molecule is CC(C)C[C@H](NC(=O)[C@@H](NC(=O)CN)C(C)C)C(=O)N[C@H](C(=O)N[C@@H](Cc1cnc[nH]1)C(=O)N1CCC[C@H]1C(=O)N[C@@H](CCC(N)=O)C(=O)N[C@@H](Cc1c[nH]c2ccccc12)C(=O)N[C@H](C(=O)O)C(C)C)C(C)C. The molecule has 14 N–H and O–H groups in total. The van der Waals surface area contributed by atoms with Crippen LogP contribution >= 0.6 is 0 Å². The predicted octanol–water partition coefficient (Wildman–Crippen LogP) is -0.616. The molecular weight excluding hydrogens is 959 g/mol. The van der Waals surface area contributed by atoms with E-state index in [-0.39, 0.29) is 63.5 Å². The molecule has 0 radical (unpaired) electrons. The summed E-state index contributed by atoms with van der Waals surface area (Å²) in [6, 6.07) is -2.74. The van der Waals surface area contributed by atoms with Crippen LogP contribution in [-0.2, 0) is 60.8 Å². The molecule has 0 aliphatic carbocycles. The summed E-state index contributed by atoms with van der Waals surface area (Å²) in [6.45, 7) is 13.5. The number of nitrogens with zero attached hydrogens (tertiary/aromatic N) is 2. The molecule has 0 unspecified atom stereocenters. The smallest absolute Gasteiger partial charge is 0.326 e.